The molecule has 1 atom stereocenters. The lowest BCUT2D eigenvalue weighted by atomic mass is 9.93. The lowest BCUT2D eigenvalue weighted by Gasteiger charge is -2.25. The molecule has 0 aliphatic rings. The predicted octanol–water partition coefficient (Wildman–Crippen LogP) is 4.53. The monoisotopic (exact) mass is 496 g/mol. The van der Waals surface area contributed by atoms with Gasteiger partial charge in [-0.05, 0) is 76.7 Å². The molecular formula is C22H29BrN2O4S. The van der Waals surface area contributed by atoms with Crippen molar-refractivity contribution in [3.63, 3.8) is 0 Å². The van der Waals surface area contributed by atoms with Gasteiger partial charge in [0.15, 0.2) is 0 Å². The minimum absolute atomic E-state index is 0.262. The molecule has 0 bridgehead atoms. The Morgan fingerprint density at radius 2 is 1.80 bits per heavy atom. The number of nitrogens with zero attached hydrogens (tertiary/aromatic N) is 1. The third-order valence-electron chi connectivity index (χ3n) is 4.89. The number of benzene rings is 2. The first-order valence-corrected chi connectivity index (χ1v) is 12.3. The first-order chi connectivity index (χ1) is 14.0. The summed E-state index contributed by atoms with van der Waals surface area (Å²) < 4.78 is 31.8. The summed E-state index contributed by atoms with van der Waals surface area (Å²) in [6.45, 7) is 7.72. The van der Waals surface area contributed by atoms with E-state index in [1.165, 1.54) is 0 Å². The van der Waals surface area contributed by atoms with Crippen LogP contribution in [0.4, 0.5) is 5.69 Å². The summed E-state index contributed by atoms with van der Waals surface area (Å²) in [5.41, 5.74) is 3.45. The van der Waals surface area contributed by atoms with Crippen LogP contribution in [0.2, 0.25) is 0 Å². The maximum absolute atomic E-state index is 12.8. The number of nitrogens with one attached hydrogen (secondary N) is 1. The van der Waals surface area contributed by atoms with Gasteiger partial charge in [-0.1, -0.05) is 26.0 Å². The summed E-state index contributed by atoms with van der Waals surface area (Å²) in [6, 6.07) is 10.6. The number of para-hydroxylation sites is 1. The average molecular weight is 497 g/mol. The third-order valence-corrected chi connectivity index (χ3v) is 6.69. The molecule has 164 valence electrons. The van der Waals surface area contributed by atoms with Crippen molar-refractivity contribution in [2.24, 2.45) is 0 Å². The third kappa shape index (κ3) is 5.76. The fourth-order valence-corrected chi connectivity index (χ4v) is 4.83. The number of carbonyl (C=O) groups is 1. The van der Waals surface area contributed by atoms with Gasteiger partial charge in [-0.3, -0.25) is 9.10 Å². The van der Waals surface area contributed by atoms with E-state index in [1.54, 1.807) is 31.4 Å². The van der Waals surface area contributed by atoms with Crippen LogP contribution in [0.1, 0.15) is 49.4 Å². The molecule has 0 saturated heterocycles. The summed E-state index contributed by atoms with van der Waals surface area (Å²) in [5.74, 6) is 0.699. The summed E-state index contributed by atoms with van der Waals surface area (Å²) in [4.78, 5) is 12.8. The fraction of sp³-hybridized carbons (Fsp3) is 0.409. The minimum atomic E-state index is -3.65. The SMILES string of the molecule is COc1cc(C)c([C@H](C)NC(=O)CN(c2ccccc2Br)S(C)(=O)=O)cc1C(C)C. The molecule has 0 spiro atoms. The van der Waals surface area contributed by atoms with Gasteiger partial charge in [-0.25, -0.2) is 8.42 Å². The van der Waals surface area contributed by atoms with Gasteiger partial charge in [0.05, 0.1) is 25.1 Å². The number of anilines is 1. The van der Waals surface area contributed by atoms with Crippen molar-refractivity contribution < 1.29 is 17.9 Å². The van der Waals surface area contributed by atoms with Crippen LogP contribution in [0.15, 0.2) is 40.9 Å². The van der Waals surface area contributed by atoms with Crippen LogP contribution >= 0.6 is 15.9 Å². The number of halogens is 1. The summed E-state index contributed by atoms with van der Waals surface area (Å²) in [5, 5.41) is 2.93. The fourth-order valence-electron chi connectivity index (χ4n) is 3.34. The van der Waals surface area contributed by atoms with E-state index in [1.807, 2.05) is 26.0 Å². The van der Waals surface area contributed by atoms with Crippen molar-refractivity contribution in [3.05, 3.63) is 57.6 Å². The van der Waals surface area contributed by atoms with Crippen molar-refractivity contribution >= 4 is 37.5 Å². The topological polar surface area (TPSA) is 75.7 Å². The van der Waals surface area contributed by atoms with Crippen LogP contribution in [0.3, 0.4) is 0 Å². The van der Waals surface area contributed by atoms with Crippen molar-refractivity contribution in [2.75, 3.05) is 24.2 Å². The summed E-state index contributed by atoms with van der Waals surface area (Å²) >= 11 is 3.36. The van der Waals surface area contributed by atoms with Crippen LogP contribution in [-0.2, 0) is 14.8 Å². The zero-order valence-electron chi connectivity index (χ0n) is 18.2. The van der Waals surface area contributed by atoms with E-state index in [4.69, 9.17) is 4.74 Å². The second kappa shape index (κ2) is 9.83. The van der Waals surface area contributed by atoms with Crippen LogP contribution in [0.25, 0.3) is 0 Å². The minimum Gasteiger partial charge on any atom is -0.496 e. The first-order valence-electron chi connectivity index (χ1n) is 9.65. The van der Waals surface area contributed by atoms with Crippen LogP contribution in [0.5, 0.6) is 5.75 Å². The molecule has 2 aromatic carbocycles. The predicted molar refractivity (Wildman–Crippen MR) is 125 cm³/mol. The number of methoxy groups -OCH3 is 1. The van der Waals surface area contributed by atoms with Gasteiger partial charge < -0.3 is 10.1 Å². The number of aryl methyl sites for hydroxylation is 1. The Kier molecular flexibility index (Phi) is 7.93. The molecule has 0 saturated carbocycles. The quantitative estimate of drug-likeness (QED) is 0.582. The Bertz CT molecular complexity index is 1020. The molecule has 0 aliphatic heterocycles. The largest absolute Gasteiger partial charge is 0.496 e. The lowest BCUT2D eigenvalue weighted by molar-refractivity contribution is -0.120. The Morgan fingerprint density at radius 3 is 2.33 bits per heavy atom. The van der Waals surface area contributed by atoms with Crippen molar-refractivity contribution in [1.29, 1.82) is 0 Å². The lowest BCUT2D eigenvalue weighted by Crippen LogP contribution is -2.41. The average Bonchev–Trinajstić information content (AvgIpc) is 2.65. The number of carbonyl (C=O) groups excluding carboxylic acids is 1. The van der Waals surface area contributed by atoms with Gasteiger partial charge in [0.25, 0.3) is 0 Å². The highest BCUT2D eigenvalue weighted by Crippen LogP contribution is 2.32. The van der Waals surface area contributed by atoms with Crippen LogP contribution < -0.4 is 14.4 Å². The summed E-state index contributed by atoms with van der Waals surface area (Å²) in [6.07, 6.45) is 1.09. The van der Waals surface area contributed by atoms with Crippen molar-refractivity contribution in [3.8, 4) is 5.75 Å². The van der Waals surface area contributed by atoms with E-state index >= 15 is 0 Å². The molecule has 6 nitrogen and oxygen atoms in total. The number of hydrogen-bond acceptors (Lipinski definition) is 4. The zero-order chi connectivity index (χ0) is 22.6. The number of amides is 1. The van der Waals surface area contributed by atoms with E-state index in [-0.39, 0.29) is 24.4 Å². The molecule has 1 N–H and O–H groups in total. The van der Waals surface area contributed by atoms with Crippen molar-refractivity contribution in [2.45, 2.75) is 39.7 Å². The molecule has 0 aromatic heterocycles. The van der Waals surface area contributed by atoms with Gasteiger partial charge in [-0.2, -0.15) is 0 Å². The Hall–Kier alpha value is -2.06. The standard InChI is InChI=1S/C22H29BrN2O4S/c1-14(2)17-12-18(15(3)11-21(17)29-5)16(4)24-22(26)13-25(30(6,27)28)20-10-8-7-9-19(20)23/h7-12,14,16H,13H2,1-6H3,(H,24,26)/t16-/m0/s1. The molecule has 0 heterocycles. The van der Waals surface area contributed by atoms with Gasteiger partial charge >= 0.3 is 0 Å². The molecule has 0 fully saturated rings. The Morgan fingerprint density at radius 1 is 1.17 bits per heavy atom. The maximum atomic E-state index is 12.8. The molecule has 0 unspecified atom stereocenters. The zero-order valence-corrected chi connectivity index (χ0v) is 20.6. The van der Waals surface area contributed by atoms with E-state index < -0.39 is 10.0 Å². The normalized spacial score (nSPS) is 12.5. The smallest absolute Gasteiger partial charge is 0.241 e. The number of sulfonamides is 1. The van der Waals surface area contributed by atoms with Crippen LogP contribution in [0, 0.1) is 6.92 Å². The molecule has 2 aromatic rings. The first kappa shape index (κ1) is 24.2. The van der Waals surface area contributed by atoms with Crippen LogP contribution in [-0.4, -0.2) is 34.2 Å². The molecule has 30 heavy (non-hydrogen) atoms. The number of ether oxygens (including phenoxy) is 1. The van der Waals surface area contributed by atoms with Crippen molar-refractivity contribution in [1.82, 2.24) is 5.32 Å². The molecule has 0 aliphatic carbocycles. The Balaban J connectivity index is 2.27. The second-order valence-corrected chi connectivity index (χ2v) is 10.4. The highest BCUT2D eigenvalue weighted by Gasteiger charge is 2.24. The van der Waals surface area contributed by atoms with E-state index in [2.05, 4.69) is 35.1 Å². The molecule has 1 amide bonds. The van der Waals surface area contributed by atoms with E-state index in [0.717, 1.165) is 33.0 Å². The van der Waals surface area contributed by atoms with E-state index in [9.17, 15) is 13.2 Å². The molecule has 2 rings (SSSR count). The van der Waals surface area contributed by atoms with Gasteiger partial charge in [0, 0.05) is 4.47 Å². The maximum Gasteiger partial charge on any atom is 0.241 e. The highest BCUT2D eigenvalue weighted by molar-refractivity contribution is 9.10. The summed E-state index contributed by atoms with van der Waals surface area (Å²) in [7, 11) is -2.00. The second-order valence-electron chi connectivity index (χ2n) is 7.62. The van der Waals surface area contributed by atoms with Gasteiger partial charge in [0.2, 0.25) is 15.9 Å². The number of rotatable bonds is 8. The molecular weight excluding hydrogens is 468 g/mol. The molecule has 8 heteroatoms. The Labute approximate surface area is 187 Å². The van der Waals surface area contributed by atoms with Gasteiger partial charge in [-0.15, -0.1) is 0 Å². The van der Waals surface area contributed by atoms with Gasteiger partial charge in [0.1, 0.15) is 12.3 Å². The highest BCUT2D eigenvalue weighted by atomic mass is 79.9. The molecule has 0 radical (unpaired) electrons. The number of hydrogen-bond donors (Lipinski definition) is 1. The van der Waals surface area contributed by atoms with E-state index in [0.29, 0.717) is 10.2 Å².